The third-order valence-electron chi connectivity index (χ3n) is 2.48. The van der Waals surface area contributed by atoms with E-state index in [0.717, 1.165) is 0 Å². The van der Waals surface area contributed by atoms with Crippen LogP contribution in [0.2, 0.25) is 0 Å². The van der Waals surface area contributed by atoms with Crippen molar-refractivity contribution in [3.63, 3.8) is 0 Å². The number of carbonyl (C=O) groups excluding carboxylic acids is 1. The highest BCUT2D eigenvalue weighted by molar-refractivity contribution is 5.86. The molecule has 1 fully saturated rings. The summed E-state index contributed by atoms with van der Waals surface area (Å²) in [5, 5.41) is 0. The van der Waals surface area contributed by atoms with Crippen LogP contribution in [-0.2, 0) is 4.79 Å². The minimum absolute atomic E-state index is 0.137. The monoisotopic (exact) mass is 154 g/mol. The molecule has 0 aromatic rings. The molecule has 0 aliphatic heterocycles. The Balaban J connectivity index is 2.52. The van der Waals surface area contributed by atoms with Crippen molar-refractivity contribution in [2.24, 2.45) is 17.3 Å². The zero-order valence-electron chi connectivity index (χ0n) is 7.98. The number of hydrogen-bond acceptors (Lipinski definition) is 1. The fraction of sp³-hybridized carbons (Fsp3) is 0.900. The molecule has 1 heteroatoms. The Kier molecular flexibility index (Phi) is 2.08. The number of carbonyl (C=O) groups is 1. The number of Topliss-reactive ketones (excluding diaryl/α,β-unsaturated/α-hetero) is 1. The fourth-order valence-corrected chi connectivity index (χ4v) is 1.49. The van der Waals surface area contributed by atoms with Gasteiger partial charge in [0, 0.05) is 11.3 Å². The molecule has 0 spiro atoms. The van der Waals surface area contributed by atoms with E-state index in [2.05, 4.69) is 6.92 Å². The zero-order valence-corrected chi connectivity index (χ0v) is 7.98. The van der Waals surface area contributed by atoms with Gasteiger partial charge in [0.1, 0.15) is 5.78 Å². The van der Waals surface area contributed by atoms with Crippen LogP contribution in [0.5, 0.6) is 0 Å². The van der Waals surface area contributed by atoms with Crippen molar-refractivity contribution >= 4 is 5.78 Å². The quantitative estimate of drug-likeness (QED) is 0.597. The lowest BCUT2D eigenvalue weighted by Crippen LogP contribution is -2.27. The van der Waals surface area contributed by atoms with Gasteiger partial charge in [-0.15, -0.1) is 0 Å². The topological polar surface area (TPSA) is 17.1 Å². The highest BCUT2D eigenvalue weighted by Crippen LogP contribution is 2.39. The van der Waals surface area contributed by atoms with Gasteiger partial charge >= 0.3 is 0 Å². The highest BCUT2D eigenvalue weighted by Gasteiger charge is 2.36. The van der Waals surface area contributed by atoms with E-state index in [-0.39, 0.29) is 5.41 Å². The second-order valence-corrected chi connectivity index (χ2v) is 4.74. The predicted octanol–water partition coefficient (Wildman–Crippen LogP) is 2.65. The third-order valence-corrected chi connectivity index (χ3v) is 2.48. The maximum atomic E-state index is 11.6. The standard InChI is InChI=1S/C10H18O/c1-7(8-5-6-8)9(11)10(2,3)4/h7-8H,5-6H2,1-4H3. The number of ketones is 1. The highest BCUT2D eigenvalue weighted by atomic mass is 16.1. The number of hydrogen-bond donors (Lipinski definition) is 0. The largest absolute Gasteiger partial charge is 0.299 e. The van der Waals surface area contributed by atoms with E-state index in [1.165, 1.54) is 12.8 Å². The summed E-state index contributed by atoms with van der Waals surface area (Å²) in [4.78, 5) is 11.6. The average molecular weight is 154 g/mol. The van der Waals surface area contributed by atoms with Crippen LogP contribution in [0.4, 0.5) is 0 Å². The van der Waals surface area contributed by atoms with Gasteiger partial charge < -0.3 is 0 Å². The minimum Gasteiger partial charge on any atom is -0.299 e. The lowest BCUT2D eigenvalue weighted by atomic mass is 9.82. The summed E-state index contributed by atoms with van der Waals surface area (Å²) < 4.78 is 0. The predicted molar refractivity (Wildman–Crippen MR) is 46.4 cm³/mol. The molecule has 0 bridgehead atoms. The van der Waals surface area contributed by atoms with Crippen molar-refractivity contribution < 1.29 is 4.79 Å². The lowest BCUT2D eigenvalue weighted by molar-refractivity contribution is -0.130. The number of rotatable bonds is 2. The van der Waals surface area contributed by atoms with Gasteiger partial charge in [-0.1, -0.05) is 27.7 Å². The summed E-state index contributed by atoms with van der Waals surface area (Å²) in [5.74, 6) is 1.44. The van der Waals surface area contributed by atoms with Gasteiger partial charge in [0.15, 0.2) is 0 Å². The average Bonchev–Trinajstić information content (AvgIpc) is 2.63. The Morgan fingerprint density at radius 2 is 1.82 bits per heavy atom. The van der Waals surface area contributed by atoms with Crippen LogP contribution >= 0.6 is 0 Å². The molecule has 64 valence electrons. The van der Waals surface area contributed by atoms with Crippen LogP contribution in [0.15, 0.2) is 0 Å². The summed E-state index contributed by atoms with van der Waals surface area (Å²) in [6.07, 6.45) is 2.53. The van der Waals surface area contributed by atoms with Gasteiger partial charge in [0.05, 0.1) is 0 Å². The van der Waals surface area contributed by atoms with E-state index < -0.39 is 0 Å². The van der Waals surface area contributed by atoms with Crippen molar-refractivity contribution in [2.45, 2.75) is 40.5 Å². The van der Waals surface area contributed by atoms with Crippen molar-refractivity contribution in [3.05, 3.63) is 0 Å². The van der Waals surface area contributed by atoms with Gasteiger partial charge in [0.25, 0.3) is 0 Å². The van der Waals surface area contributed by atoms with Crippen LogP contribution < -0.4 is 0 Å². The van der Waals surface area contributed by atoms with Gasteiger partial charge in [-0.05, 0) is 18.8 Å². The smallest absolute Gasteiger partial charge is 0.141 e. The first-order valence-corrected chi connectivity index (χ1v) is 4.47. The Labute approximate surface area is 69.2 Å². The van der Waals surface area contributed by atoms with Crippen LogP contribution in [0.3, 0.4) is 0 Å². The van der Waals surface area contributed by atoms with Crippen molar-refractivity contribution in [1.29, 1.82) is 0 Å². The zero-order chi connectivity index (χ0) is 8.65. The second-order valence-electron chi connectivity index (χ2n) is 4.74. The van der Waals surface area contributed by atoms with Crippen molar-refractivity contribution in [1.82, 2.24) is 0 Å². The molecule has 0 aromatic heterocycles. The fourth-order valence-electron chi connectivity index (χ4n) is 1.49. The molecule has 1 rings (SSSR count). The Bertz CT molecular complexity index is 160. The first-order valence-electron chi connectivity index (χ1n) is 4.47. The van der Waals surface area contributed by atoms with E-state index in [1.54, 1.807) is 0 Å². The Morgan fingerprint density at radius 3 is 2.09 bits per heavy atom. The van der Waals surface area contributed by atoms with Crippen LogP contribution in [-0.4, -0.2) is 5.78 Å². The molecule has 11 heavy (non-hydrogen) atoms. The molecule has 1 aliphatic carbocycles. The first kappa shape index (κ1) is 8.76. The Hall–Kier alpha value is -0.330. The molecular formula is C10H18O. The van der Waals surface area contributed by atoms with Crippen molar-refractivity contribution in [2.75, 3.05) is 0 Å². The summed E-state index contributed by atoms with van der Waals surface area (Å²) in [7, 11) is 0. The van der Waals surface area contributed by atoms with Crippen LogP contribution in [0, 0.1) is 17.3 Å². The molecule has 0 saturated heterocycles. The summed E-state index contributed by atoms with van der Waals surface area (Å²) in [6.45, 7) is 8.10. The molecule has 1 aliphatic rings. The van der Waals surface area contributed by atoms with Gasteiger partial charge in [-0.3, -0.25) is 4.79 Å². The van der Waals surface area contributed by atoms with E-state index in [4.69, 9.17) is 0 Å². The normalized spacial score (nSPS) is 21.5. The Morgan fingerprint density at radius 1 is 1.36 bits per heavy atom. The van der Waals surface area contributed by atoms with Crippen LogP contribution in [0.25, 0.3) is 0 Å². The van der Waals surface area contributed by atoms with Gasteiger partial charge in [-0.2, -0.15) is 0 Å². The third kappa shape index (κ3) is 2.05. The van der Waals surface area contributed by atoms with E-state index in [9.17, 15) is 4.79 Å². The molecule has 0 heterocycles. The lowest BCUT2D eigenvalue weighted by Gasteiger charge is -2.21. The van der Waals surface area contributed by atoms with Crippen LogP contribution in [0.1, 0.15) is 40.5 Å². The molecule has 1 nitrogen and oxygen atoms in total. The first-order chi connectivity index (χ1) is 4.93. The van der Waals surface area contributed by atoms with Gasteiger partial charge in [-0.25, -0.2) is 0 Å². The summed E-state index contributed by atoms with van der Waals surface area (Å²) in [5.41, 5.74) is -0.137. The maximum Gasteiger partial charge on any atom is 0.141 e. The summed E-state index contributed by atoms with van der Waals surface area (Å²) in [6, 6.07) is 0. The molecule has 1 atom stereocenters. The SMILES string of the molecule is CC(C(=O)C(C)(C)C)C1CC1. The molecule has 1 unspecified atom stereocenters. The molecule has 0 aromatic carbocycles. The molecule has 0 N–H and O–H groups in total. The molecule has 0 radical (unpaired) electrons. The van der Waals surface area contributed by atoms with E-state index >= 15 is 0 Å². The second kappa shape index (κ2) is 2.62. The van der Waals surface area contributed by atoms with E-state index in [1.807, 2.05) is 20.8 Å². The molecular weight excluding hydrogens is 136 g/mol. The van der Waals surface area contributed by atoms with Gasteiger partial charge in [0.2, 0.25) is 0 Å². The van der Waals surface area contributed by atoms with Crippen molar-refractivity contribution in [3.8, 4) is 0 Å². The maximum absolute atomic E-state index is 11.6. The minimum atomic E-state index is -0.137. The molecule has 1 saturated carbocycles. The van der Waals surface area contributed by atoms with E-state index in [0.29, 0.717) is 17.6 Å². The molecule has 0 amide bonds. The summed E-state index contributed by atoms with van der Waals surface area (Å²) >= 11 is 0.